The summed E-state index contributed by atoms with van der Waals surface area (Å²) >= 11 is 0. The summed E-state index contributed by atoms with van der Waals surface area (Å²) in [5.41, 5.74) is 1.15. The van der Waals surface area contributed by atoms with Crippen LogP contribution in [0.25, 0.3) is 11.1 Å². The summed E-state index contributed by atoms with van der Waals surface area (Å²) in [5.74, 6) is -1.51. The number of carbonyl (C=O) groups excluding carboxylic acids is 2. The van der Waals surface area contributed by atoms with E-state index in [4.69, 9.17) is 0 Å². The number of fused-ring (bicyclic) bond motifs is 1. The van der Waals surface area contributed by atoms with Gasteiger partial charge in [0.05, 0.1) is 16.1 Å². The molecular weight excluding hydrogens is 396 g/mol. The summed E-state index contributed by atoms with van der Waals surface area (Å²) in [7, 11) is 0. The summed E-state index contributed by atoms with van der Waals surface area (Å²) < 4.78 is 0. The van der Waals surface area contributed by atoms with Gasteiger partial charge in [0.25, 0.3) is 17.5 Å². The molecule has 2 amide bonds. The van der Waals surface area contributed by atoms with Crippen LogP contribution in [-0.4, -0.2) is 21.8 Å². The second-order valence-electron chi connectivity index (χ2n) is 8.41. The Bertz CT molecular complexity index is 1240. The number of non-ortho nitro benzene ring substituents is 1. The highest BCUT2D eigenvalue weighted by molar-refractivity contribution is 6.36. The second-order valence-corrected chi connectivity index (χ2v) is 8.41. The Morgan fingerprint density at radius 1 is 0.871 bits per heavy atom. The van der Waals surface area contributed by atoms with Crippen molar-refractivity contribution in [3.8, 4) is 16.9 Å². The number of anilines is 1. The van der Waals surface area contributed by atoms with E-state index in [9.17, 15) is 24.8 Å². The molecule has 0 aromatic heterocycles. The van der Waals surface area contributed by atoms with Gasteiger partial charge in [-0.3, -0.25) is 19.7 Å². The molecule has 0 bridgehead atoms. The molecule has 31 heavy (non-hydrogen) atoms. The lowest BCUT2D eigenvalue weighted by Crippen LogP contribution is -2.30. The van der Waals surface area contributed by atoms with E-state index in [-0.39, 0.29) is 28.3 Å². The average Bonchev–Trinajstić information content (AvgIpc) is 2.97. The van der Waals surface area contributed by atoms with Gasteiger partial charge in [-0.2, -0.15) is 0 Å². The van der Waals surface area contributed by atoms with Crippen LogP contribution in [0.4, 0.5) is 11.4 Å². The van der Waals surface area contributed by atoms with Gasteiger partial charge in [0, 0.05) is 23.3 Å². The molecule has 4 rings (SSSR count). The highest BCUT2D eigenvalue weighted by atomic mass is 16.6. The summed E-state index contributed by atoms with van der Waals surface area (Å²) in [5, 5.41) is 22.4. The summed E-state index contributed by atoms with van der Waals surface area (Å²) in [4.78, 5) is 37.9. The molecule has 1 N–H and O–H groups in total. The molecule has 7 nitrogen and oxygen atoms in total. The van der Waals surface area contributed by atoms with Crippen molar-refractivity contribution in [2.75, 3.05) is 4.90 Å². The van der Waals surface area contributed by atoms with E-state index in [1.165, 1.54) is 12.1 Å². The van der Waals surface area contributed by atoms with E-state index in [0.717, 1.165) is 16.5 Å². The molecule has 1 aliphatic rings. The lowest BCUT2D eigenvalue weighted by molar-refractivity contribution is -0.384. The number of phenols is 1. The van der Waals surface area contributed by atoms with Crippen molar-refractivity contribution in [2.24, 2.45) is 0 Å². The van der Waals surface area contributed by atoms with Gasteiger partial charge in [-0.25, -0.2) is 4.90 Å². The monoisotopic (exact) mass is 416 g/mol. The number of benzene rings is 3. The third-order valence-electron chi connectivity index (χ3n) is 5.35. The standard InChI is InChI=1S/C24H20N2O5/c1-24(2,3)19-12-11-16(14-7-5-4-6-8-14)20(21(19)27)25-22(28)17-10-9-15(26(30)31)13-18(17)23(25)29/h4-13,27H,1-3H3. The Balaban J connectivity index is 1.97. The molecule has 0 unspecified atom stereocenters. The zero-order valence-corrected chi connectivity index (χ0v) is 17.2. The summed E-state index contributed by atoms with van der Waals surface area (Å²) in [6.07, 6.45) is 0. The van der Waals surface area contributed by atoms with E-state index in [0.29, 0.717) is 11.1 Å². The quantitative estimate of drug-likeness (QED) is 0.365. The van der Waals surface area contributed by atoms with E-state index in [2.05, 4.69) is 0 Å². The summed E-state index contributed by atoms with van der Waals surface area (Å²) in [6, 6.07) is 16.2. The highest BCUT2D eigenvalue weighted by Crippen LogP contribution is 2.46. The highest BCUT2D eigenvalue weighted by Gasteiger charge is 2.41. The summed E-state index contributed by atoms with van der Waals surface area (Å²) in [6.45, 7) is 5.75. The van der Waals surface area contributed by atoms with Crippen LogP contribution in [-0.2, 0) is 5.41 Å². The lowest BCUT2D eigenvalue weighted by Gasteiger charge is -2.26. The predicted octanol–water partition coefficient (Wildman–Crippen LogP) is 5.07. The largest absolute Gasteiger partial charge is 0.505 e. The third-order valence-corrected chi connectivity index (χ3v) is 5.35. The molecule has 156 valence electrons. The fourth-order valence-corrected chi connectivity index (χ4v) is 3.81. The van der Waals surface area contributed by atoms with Gasteiger partial charge in [0.2, 0.25) is 0 Å². The van der Waals surface area contributed by atoms with Gasteiger partial charge in [-0.1, -0.05) is 63.2 Å². The Kier molecular flexibility index (Phi) is 4.61. The number of phenolic OH excluding ortho intramolecular Hbond substituents is 1. The molecule has 1 aliphatic heterocycles. The fourth-order valence-electron chi connectivity index (χ4n) is 3.81. The molecule has 0 spiro atoms. The van der Waals surface area contributed by atoms with Crippen molar-refractivity contribution < 1.29 is 19.6 Å². The Labute approximate surface area is 178 Å². The predicted molar refractivity (Wildman–Crippen MR) is 116 cm³/mol. The first-order chi connectivity index (χ1) is 14.6. The minimum absolute atomic E-state index is 0.0567. The second kappa shape index (κ2) is 7.05. The van der Waals surface area contributed by atoms with Gasteiger partial charge < -0.3 is 5.11 Å². The molecule has 0 atom stereocenters. The maximum atomic E-state index is 13.3. The van der Waals surface area contributed by atoms with Crippen molar-refractivity contribution in [1.29, 1.82) is 0 Å². The average molecular weight is 416 g/mol. The SMILES string of the molecule is CC(C)(C)c1ccc(-c2ccccc2)c(N2C(=O)c3ccc([N+](=O)[O-])cc3C2=O)c1O. The van der Waals surface area contributed by atoms with Gasteiger partial charge in [0.15, 0.2) is 0 Å². The fraction of sp³-hybridized carbons (Fsp3) is 0.167. The first kappa shape index (κ1) is 20.3. The van der Waals surface area contributed by atoms with Crippen LogP contribution in [0.1, 0.15) is 47.1 Å². The Morgan fingerprint density at radius 2 is 1.48 bits per heavy atom. The van der Waals surface area contributed by atoms with E-state index in [1.54, 1.807) is 12.1 Å². The zero-order chi connectivity index (χ0) is 22.5. The van der Waals surface area contributed by atoms with Gasteiger partial charge in [-0.15, -0.1) is 0 Å². The maximum absolute atomic E-state index is 13.3. The number of nitrogens with zero attached hydrogens (tertiary/aromatic N) is 2. The molecule has 0 radical (unpaired) electrons. The van der Waals surface area contributed by atoms with Crippen molar-refractivity contribution in [1.82, 2.24) is 0 Å². The van der Waals surface area contributed by atoms with Crippen LogP contribution in [0, 0.1) is 10.1 Å². The number of aromatic hydroxyl groups is 1. The van der Waals surface area contributed by atoms with Crippen LogP contribution in [0.2, 0.25) is 0 Å². The molecule has 3 aromatic carbocycles. The van der Waals surface area contributed by atoms with Gasteiger partial charge in [-0.05, 0) is 17.0 Å². The van der Waals surface area contributed by atoms with Crippen LogP contribution < -0.4 is 4.90 Å². The molecule has 0 fully saturated rings. The first-order valence-electron chi connectivity index (χ1n) is 9.70. The lowest BCUT2D eigenvalue weighted by atomic mass is 9.84. The van der Waals surface area contributed by atoms with Gasteiger partial charge >= 0.3 is 0 Å². The molecule has 3 aromatic rings. The zero-order valence-electron chi connectivity index (χ0n) is 17.2. The number of nitro benzene ring substituents is 1. The molecule has 0 saturated heterocycles. The third kappa shape index (κ3) is 3.24. The number of nitro groups is 1. The topological polar surface area (TPSA) is 101 Å². The van der Waals surface area contributed by atoms with Gasteiger partial charge in [0.1, 0.15) is 11.4 Å². The van der Waals surface area contributed by atoms with Crippen molar-refractivity contribution in [3.05, 3.63) is 87.5 Å². The number of carbonyl (C=O) groups is 2. The number of hydrogen-bond acceptors (Lipinski definition) is 5. The van der Waals surface area contributed by atoms with Crippen molar-refractivity contribution in [3.63, 3.8) is 0 Å². The molecular formula is C24H20N2O5. The van der Waals surface area contributed by atoms with Crippen LogP contribution in [0.3, 0.4) is 0 Å². The first-order valence-corrected chi connectivity index (χ1v) is 9.70. The number of hydrogen-bond donors (Lipinski definition) is 1. The van der Waals surface area contributed by atoms with Crippen LogP contribution in [0.5, 0.6) is 5.75 Å². The van der Waals surface area contributed by atoms with E-state index < -0.39 is 22.2 Å². The van der Waals surface area contributed by atoms with Crippen molar-refractivity contribution >= 4 is 23.2 Å². The van der Waals surface area contributed by atoms with Crippen LogP contribution >= 0.6 is 0 Å². The number of rotatable bonds is 3. The Hall–Kier alpha value is -4.00. The van der Waals surface area contributed by atoms with Crippen molar-refractivity contribution in [2.45, 2.75) is 26.2 Å². The molecule has 1 heterocycles. The normalized spacial score (nSPS) is 13.5. The van der Waals surface area contributed by atoms with Crippen LogP contribution in [0.15, 0.2) is 60.7 Å². The van der Waals surface area contributed by atoms with E-state index in [1.807, 2.05) is 51.1 Å². The molecule has 7 heteroatoms. The minimum atomic E-state index is -0.706. The number of imide groups is 1. The Morgan fingerprint density at radius 3 is 2.10 bits per heavy atom. The minimum Gasteiger partial charge on any atom is -0.505 e. The number of amides is 2. The maximum Gasteiger partial charge on any atom is 0.270 e. The molecule has 0 aliphatic carbocycles. The molecule has 0 saturated carbocycles. The van der Waals surface area contributed by atoms with E-state index >= 15 is 0 Å². The smallest absolute Gasteiger partial charge is 0.270 e.